The van der Waals surface area contributed by atoms with E-state index in [9.17, 15) is 4.79 Å². The van der Waals surface area contributed by atoms with Crippen molar-refractivity contribution in [2.24, 2.45) is 5.73 Å². The highest BCUT2D eigenvalue weighted by molar-refractivity contribution is 7.80. The number of hydrogen-bond acceptors (Lipinski definition) is 3. The second kappa shape index (κ2) is 4.03. The predicted octanol–water partition coefficient (Wildman–Crippen LogP) is 0.226. The summed E-state index contributed by atoms with van der Waals surface area (Å²) in [7, 11) is 0. The fourth-order valence-electron chi connectivity index (χ4n) is 0.588. The first-order valence-electron chi connectivity index (χ1n) is 3.09. The molecule has 0 aromatic carbocycles. The van der Waals surface area contributed by atoms with Gasteiger partial charge in [0.1, 0.15) is 0 Å². The molecule has 1 heterocycles. The predicted molar refractivity (Wildman–Crippen MR) is 51.7 cm³/mol. The fraction of sp³-hybridized carbons (Fsp3) is 0. The van der Waals surface area contributed by atoms with Crippen molar-refractivity contribution >= 4 is 34.6 Å². The van der Waals surface area contributed by atoms with E-state index in [0.717, 1.165) is 0 Å². The molecule has 0 fully saturated rings. The lowest BCUT2D eigenvalue weighted by Gasteiger charge is -2.03. The Morgan fingerprint density at radius 1 is 1.58 bits per heavy atom. The van der Waals surface area contributed by atoms with Gasteiger partial charge < -0.3 is 5.73 Å². The number of nitrogens with one attached hydrogen (secondary N) is 2. The highest BCUT2D eigenvalue weighted by Gasteiger charge is 2.04. The van der Waals surface area contributed by atoms with Crippen LogP contribution in [-0.2, 0) is 0 Å². The number of carbonyl (C=O) groups excluding carboxylic acids is 1. The van der Waals surface area contributed by atoms with Crippen LogP contribution in [-0.4, -0.2) is 11.0 Å². The lowest BCUT2D eigenvalue weighted by atomic mass is 10.4. The van der Waals surface area contributed by atoms with Gasteiger partial charge in [-0.1, -0.05) is 6.07 Å². The zero-order valence-electron chi connectivity index (χ0n) is 6.03. The smallest absolute Gasteiger partial charge is 0.279 e. The van der Waals surface area contributed by atoms with E-state index in [4.69, 9.17) is 5.73 Å². The molecule has 4 nitrogen and oxygen atoms in total. The summed E-state index contributed by atoms with van der Waals surface area (Å²) in [6.45, 7) is 0. The number of thiocarbonyl (C=S) groups is 1. The summed E-state index contributed by atoms with van der Waals surface area (Å²) < 4.78 is 0. The van der Waals surface area contributed by atoms with Crippen molar-refractivity contribution < 1.29 is 4.79 Å². The molecule has 6 heteroatoms. The van der Waals surface area contributed by atoms with Crippen molar-refractivity contribution in [2.45, 2.75) is 0 Å². The van der Waals surface area contributed by atoms with Gasteiger partial charge >= 0.3 is 0 Å². The van der Waals surface area contributed by atoms with Gasteiger partial charge in [0.2, 0.25) is 0 Å². The Bertz CT molecular complexity index is 283. The fourth-order valence-corrected chi connectivity index (χ4v) is 1.26. The van der Waals surface area contributed by atoms with Gasteiger partial charge in [0.25, 0.3) is 5.91 Å². The molecule has 0 saturated heterocycles. The first-order valence-corrected chi connectivity index (χ1v) is 4.38. The minimum atomic E-state index is -0.238. The lowest BCUT2D eigenvalue weighted by molar-refractivity contribution is 0.0948. The minimum Gasteiger partial charge on any atom is -0.375 e. The largest absolute Gasteiger partial charge is 0.375 e. The number of hydrogen-bond donors (Lipinski definition) is 3. The molecule has 0 radical (unpaired) electrons. The first kappa shape index (κ1) is 8.95. The van der Waals surface area contributed by atoms with Crippen LogP contribution in [0.2, 0.25) is 0 Å². The molecule has 0 aliphatic carbocycles. The van der Waals surface area contributed by atoms with Crippen LogP contribution in [0.25, 0.3) is 0 Å². The summed E-state index contributed by atoms with van der Waals surface area (Å²) >= 11 is 5.85. The van der Waals surface area contributed by atoms with E-state index in [-0.39, 0.29) is 11.0 Å². The number of carbonyl (C=O) groups is 1. The van der Waals surface area contributed by atoms with E-state index in [0.29, 0.717) is 4.88 Å². The zero-order valence-corrected chi connectivity index (χ0v) is 7.67. The molecule has 0 bridgehead atoms. The lowest BCUT2D eigenvalue weighted by Crippen LogP contribution is -2.44. The molecule has 64 valence electrons. The SMILES string of the molecule is NC(=S)NNC(=O)c1cccs1. The van der Waals surface area contributed by atoms with Crippen LogP contribution < -0.4 is 16.6 Å². The molecule has 1 rings (SSSR count). The van der Waals surface area contributed by atoms with Crippen molar-refractivity contribution in [1.29, 1.82) is 0 Å². The standard InChI is InChI=1S/C6H7N3OS2/c7-6(11)9-8-5(10)4-2-1-3-12-4/h1-3H,(H,8,10)(H3,7,9,11). The number of hydrazine groups is 1. The van der Waals surface area contributed by atoms with E-state index < -0.39 is 0 Å². The second-order valence-corrected chi connectivity index (χ2v) is 3.31. The third-order valence-corrected chi connectivity index (χ3v) is 2.01. The number of rotatable bonds is 1. The molecular formula is C6H7N3OS2. The third kappa shape index (κ3) is 2.48. The van der Waals surface area contributed by atoms with Crippen LogP contribution >= 0.6 is 23.6 Å². The molecule has 0 saturated carbocycles. The van der Waals surface area contributed by atoms with Crippen LogP contribution in [0.3, 0.4) is 0 Å². The van der Waals surface area contributed by atoms with E-state index in [2.05, 4.69) is 23.1 Å². The highest BCUT2D eigenvalue weighted by Crippen LogP contribution is 2.06. The van der Waals surface area contributed by atoms with Crippen LogP contribution in [0.15, 0.2) is 17.5 Å². The van der Waals surface area contributed by atoms with Gasteiger partial charge in [0, 0.05) is 0 Å². The van der Waals surface area contributed by atoms with Crippen molar-refractivity contribution in [3.05, 3.63) is 22.4 Å². The van der Waals surface area contributed by atoms with Crippen molar-refractivity contribution in [2.75, 3.05) is 0 Å². The van der Waals surface area contributed by atoms with Gasteiger partial charge in [-0.15, -0.1) is 11.3 Å². The van der Waals surface area contributed by atoms with Gasteiger partial charge in [0.05, 0.1) is 4.88 Å². The Morgan fingerprint density at radius 2 is 2.33 bits per heavy atom. The summed E-state index contributed by atoms with van der Waals surface area (Å²) in [6, 6.07) is 3.50. The monoisotopic (exact) mass is 201 g/mol. The maximum absolute atomic E-state index is 11.1. The molecule has 0 aliphatic rings. The maximum Gasteiger partial charge on any atom is 0.279 e. The molecule has 1 aromatic heterocycles. The zero-order chi connectivity index (χ0) is 8.97. The molecular weight excluding hydrogens is 194 g/mol. The molecule has 4 N–H and O–H groups in total. The molecule has 0 unspecified atom stereocenters. The van der Waals surface area contributed by atoms with Crippen LogP contribution in [0.4, 0.5) is 0 Å². The Hall–Kier alpha value is -1.14. The van der Waals surface area contributed by atoms with Gasteiger partial charge in [-0.25, -0.2) is 0 Å². The Kier molecular flexibility index (Phi) is 3.01. The summed E-state index contributed by atoms with van der Waals surface area (Å²) in [5, 5.41) is 1.86. The summed E-state index contributed by atoms with van der Waals surface area (Å²) in [4.78, 5) is 11.7. The maximum atomic E-state index is 11.1. The van der Waals surface area contributed by atoms with Gasteiger partial charge in [-0.05, 0) is 23.7 Å². The average Bonchev–Trinajstić information content (AvgIpc) is 2.51. The minimum absolute atomic E-state index is 0.0416. The molecule has 1 aromatic rings. The summed E-state index contributed by atoms with van der Waals surface area (Å²) in [5.41, 5.74) is 9.79. The number of thiophene rings is 1. The van der Waals surface area contributed by atoms with E-state index in [1.165, 1.54) is 11.3 Å². The molecule has 12 heavy (non-hydrogen) atoms. The molecule has 0 spiro atoms. The Morgan fingerprint density at radius 3 is 2.83 bits per heavy atom. The van der Waals surface area contributed by atoms with Crippen LogP contribution in [0, 0.1) is 0 Å². The highest BCUT2D eigenvalue weighted by atomic mass is 32.1. The summed E-state index contributed by atoms with van der Waals surface area (Å²) in [6.07, 6.45) is 0. The number of nitrogens with two attached hydrogens (primary N) is 1. The topological polar surface area (TPSA) is 67.2 Å². The van der Waals surface area contributed by atoms with Crippen molar-refractivity contribution in [3.63, 3.8) is 0 Å². The van der Waals surface area contributed by atoms with E-state index in [1.54, 1.807) is 12.1 Å². The first-order chi connectivity index (χ1) is 5.70. The Balaban J connectivity index is 2.45. The van der Waals surface area contributed by atoms with E-state index in [1.807, 2.05) is 5.38 Å². The van der Waals surface area contributed by atoms with Crippen molar-refractivity contribution in [1.82, 2.24) is 10.9 Å². The second-order valence-electron chi connectivity index (χ2n) is 1.92. The van der Waals surface area contributed by atoms with Gasteiger partial charge in [-0.3, -0.25) is 15.6 Å². The van der Waals surface area contributed by atoms with E-state index >= 15 is 0 Å². The molecule has 1 amide bonds. The number of amides is 1. The summed E-state index contributed by atoms with van der Waals surface area (Å²) in [5.74, 6) is -0.238. The Labute approximate surface area is 78.7 Å². The average molecular weight is 201 g/mol. The van der Waals surface area contributed by atoms with Gasteiger partial charge in [0.15, 0.2) is 5.11 Å². The van der Waals surface area contributed by atoms with Gasteiger partial charge in [-0.2, -0.15) is 0 Å². The molecule has 0 aliphatic heterocycles. The third-order valence-electron chi connectivity index (χ3n) is 1.04. The normalized spacial score (nSPS) is 9.00. The van der Waals surface area contributed by atoms with Crippen LogP contribution in [0.1, 0.15) is 9.67 Å². The molecule has 0 atom stereocenters. The van der Waals surface area contributed by atoms with Crippen molar-refractivity contribution in [3.8, 4) is 0 Å². The van der Waals surface area contributed by atoms with Crippen LogP contribution in [0.5, 0.6) is 0 Å². The quantitative estimate of drug-likeness (QED) is 0.449.